The van der Waals surface area contributed by atoms with Crippen LogP contribution in [0, 0.1) is 13.8 Å². The number of nitrogens with two attached hydrogens (primary N) is 1. The highest BCUT2D eigenvalue weighted by Gasteiger charge is 1.96. The van der Waals surface area contributed by atoms with Crippen LogP contribution in [0.1, 0.15) is 34.2 Å². The minimum atomic E-state index is 0.753. The smallest absolute Gasteiger partial charge is 0.00741 e. The lowest BCUT2D eigenvalue weighted by atomic mass is 10.0. The Balaban J connectivity index is 2.14. The molecule has 2 rings (SSSR count). The van der Waals surface area contributed by atoms with Gasteiger partial charge in [0.05, 0.1) is 0 Å². The van der Waals surface area contributed by atoms with Crippen LogP contribution in [0.3, 0.4) is 0 Å². The lowest BCUT2D eigenvalue weighted by molar-refractivity contribution is 0.832. The van der Waals surface area contributed by atoms with Gasteiger partial charge in [-0.1, -0.05) is 60.2 Å². The minimum Gasteiger partial charge on any atom is -0.330 e. The molecule has 2 N–H and O–H groups in total. The van der Waals surface area contributed by atoms with Gasteiger partial charge in [-0.2, -0.15) is 0 Å². The van der Waals surface area contributed by atoms with Gasteiger partial charge in [0.2, 0.25) is 0 Å². The normalized spacial score (nSPS) is 11.2. The third-order valence-electron chi connectivity index (χ3n) is 3.50. The molecule has 0 amide bonds. The van der Waals surface area contributed by atoms with Crippen LogP contribution in [-0.2, 0) is 6.42 Å². The van der Waals surface area contributed by atoms with Crippen LogP contribution in [0.2, 0.25) is 0 Å². The average Bonchev–Trinajstić information content (AvgIpc) is 2.45. The van der Waals surface area contributed by atoms with Gasteiger partial charge in [-0.3, -0.25) is 0 Å². The van der Waals surface area contributed by atoms with E-state index in [4.69, 9.17) is 5.73 Å². The summed E-state index contributed by atoms with van der Waals surface area (Å²) in [5.74, 6) is 0. The Bertz CT molecular complexity index is 596. The molecule has 0 fully saturated rings. The molecule has 0 atom stereocenters. The van der Waals surface area contributed by atoms with Crippen molar-refractivity contribution >= 4 is 12.2 Å². The van der Waals surface area contributed by atoms with Gasteiger partial charge >= 0.3 is 0 Å². The molecule has 2 aromatic rings. The SMILES string of the molecule is Cc1ccc(/C=C/c2cccc(CCCN)c2)c(C)c1. The van der Waals surface area contributed by atoms with E-state index >= 15 is 0 Å². The zero-order valence-corrected chi connectivity index (χ0v) is 12.4. The summed E-state index contributed by atoms with van der Waals surface area (Å²) in [5.41, 5.74) is 12.1. The number of hydrogen-bond donors (Lipinski definition) is 1. The lowest BCUT2D eigenvalue weighted by Gasteiger charge is -2.03. The highest BCUT2D eigenvalue weighted by atomic mass is 14.5. The summed E-state index contributed by atoms with van der Waals surface area (Å²) in [7, 11) is 0. The zero-order valence-electron chi connectivity index (χ0n) is 12.4. The van der Waals surface area contributed by atoms with Crippen LogP contribution < -0.4 is 5.73 Å². The zero-order chi connectivity index (χ0) is 14.4. The molecule has 0 aromatic heterocycles. The summed E-state index contributed by atoms with van der Waals surface area (Å²) < 4.78 is 0. The molecule has 0 spiro atoms. The molecule has 0 aliphatic heterocycles. The van der Waals surface area contributed by atoms with Crippen molar-refractivity contribution in [1.82, 2.24) is 0 Å². The van der Waals surface area contributed by atoms with E-state index in [0.717, 1.165) is 19.4 Å². The van der Waals surface area contributed by atoms with Gasteiger partial charge in [0, 0.05) is 0 Å². The van der Waals surface area contributed by atoms with Crippen molar-refractivity contribution in [2.45, 2.75) is 26.7 Å². The molecule has 1 nitrogen and oxygen atoms in total. The van der Waals surface area contributed by atoms with Gasteiger partial charge in [-0.25, -0.2) is 0 Å². The molecule has 0 heterocycles. The van der Waals surface area contributed by atoms with E-state index in [9.17, 15) is 0 Å². The summed E-state index contributed by atoms with van der Waals surface area (Å²) >= 11 is 0. The number of rotatable bonds is 5. The molecule has 20 heavy (non-hydrogen) atoms. The number of benzene rings is 2. The van der Waals surface area contributed by atoms with Crippen LogP contribution in [0.25, 0.3) is 12.2 Å². The monoisotopic (exact) mass is 265 g/mol. The largest absolute Gasteiger partial charge is 0.330 e. The molecular weight excluding hydrogens is 242 g/mol. The molecule has 0 bridgehead atoms. The van der Waals surface area contributed by atoms with E-state index in [-0.39, 0.29) is 0 Å². The Morgan fingerprint density at radius 1 is 1.00 bits per heavy atom. The average molecular weight is 265 g/mol. The maximum Gasteiger partial charge on any atom is -0.00741 e. The molecule has 0 aliphatic rings. The second kappa shape index (κ2) is 7.06. The van der Waals surface area contributed by atoms with Crippen LogP contribution in [0.5, 0.6) is 0 Å². The molecule has 0 saturated carbocycles. The second-order valence-electron chi connectivity index (χ2n) is 5.33. The van der Waals surface area contributed by atoms with Crippen LogP contribution in [-0.4, -0.2) is 6.54 Å². The third kappa shape index (κ3) is 4.07. The Kier molecular flexibility index (Phi) is 5.14. The van der Waals surface area contributed by atoms with Crippen molar-refractivity contribution in [1.29, 1.82) is 0 Å². The van der Waals surface area contributed by atoms with E-state index < -0.39 is 0 Å². The fraction of sp³-hybridized carbons (Fsp3) is 0.263. The summed E-state index contributed by atoms with van der Waals surface area (Å²) in [5, 5.41) is 0. The summed E-state index contributed by atoms with van der Waals surface area (Å²) in [4.78, 5) is 0. The predicted molar refractivity (Wildman–Crippen MR) is 88.7 cm³/mol. The molecule has 1 heteroatoms. The summed E-state index contributed by atoms with van der Waals surface area (Å²) in [6.07, 6.45) is 6.48. The summed E-state index contributed by atoms with van der Waals surface area (Å²) in [6, 6.07) is 15.2. The molecule has 2 aromatic carbocycles. The van der Waals surface area contributed by atoms with Gasteiger partial charge in [-0.15, -0.1) is 0 Å². The van der Waals surface area contributed by atoms with Crippen molar-refractivity contribution < 1.29 is 0 Å². The highest BCUT2D eigenvalue weighted by molar-refractivity contribution is 5.71. The predicted octanol–water partition coefficient (Wildman–Crippen LogP) is 4.37. The molecule has 0 aliphatic carbocycles. The van der Waals surface area contributed by atoms with Crippen LogP contribution in [0.4, 0.5) is 0 Å². The lowest BCUT2D eigenvalue weighted by Crippen LogP contribution is -2.00. The first-order valence-corrected chi connectivity index (χ1v) is 7.23. The molecular formula is C19H23N. The first kappa shape index (κ1) is 14.5. The fourth-order valence-electron chi connectivity index (χ4n) is 2.36. The maximum absolute atomic E-state index is 5.56. The molecule has 0 unspecified atom stereocenters. The first-order chi connectivity index (χ1) is 9.69. The van der Waals surface area contributed by atoms with Crippen molar-refractivity contribution in [2.24, 2.45) is 5.73 Å². The van der Waals surface area contributed by atoms with Crippen molar-refractivity contribution in [3.8, 4) is 0 Å². The maximum atomic E-state index is 5.56. The molecule has 0 radical (unpaired) electrons. The quantitative estimate of drug-likeness (QED) is 0.798. The van der Waals surface area contributed by atoms with E-state index in [1.54, 1.807) is 0 Å². The van der Waals surface area contributed by atoms with Crippen molar-refractivity contribution in [2.75, 3.05) is 6.54 Å². The van der Waals surface area contributed by atoms with Crippen molar-refractivity contribution in [3.63, 3.8) is 0 Å². The van der Waals surface area contributed by atoms with E-state index in [2.05, 4.69) is 68.5 Å². The Hall–Kier alpha value is -1.86. The number of hydrogen-bond acceptors (Lipinski definition) is 1. The van der Waals surface area contributed by atoms with Crippen LogP contribution >= 0.6 is 0 Å². The van der Waals surface area contributed by atoms with Crippen molar-refractivity contribution in [3.05, 3.63) is 70.3 Å². The first-order valence-electron chi connectivity index (χ1n) is 7.23. The Labute approximate surface area is 122 Å². The fourth-order valence-corrected chi connectivity index (χ4v) is 2.36. The Morgan fingerprint density at radius 3 is 2.60 bits per heavy atom. The van der Waals surface area contributed by atoms with Gasteiger partial charge in [0.1, 0.15) is 0 Å². The van der Waals surface area contributed by atoms with Gasteiger partial charge in [-0.05, 0) is 55.5 Å². The van der Waals surface area contributed by atoms with Crippen LogP contribution in [0.15, 0.2) is 42.5 Å². The number of aryl methyl sites for hydroxylation is 3. The standard InChI is InChI=1S/C19H23N/c1-15-8-10-19(16(2)13-15)11-9-18-6-3-5-17(14-18)7-4-12-20/h3,5-6,8-11,13-14H,4,7,12,20H2,1-2H3/b11-9+. The van der Waals surface area contributed by atoms with E-state index in [0.29, 0.717) is 0 Å². The summed E-state index contributed by atoms with van der Waals surface area (Å²) in [6.45, 7) is 5.04. The highest BCUT2D eigenvalue weighted by Crippen LogP contribution is 2.15. The molecule has 0 saturated heterocycles. The topological polar surface area (TPSA) is 26.0 Å². The molecule has 104 valence electrons. The third-order valence-corrected chi connectivity index (χ3v) is 3.50. The van der Waals surface area contributed by atoms with Gasteiger partial charge < -0.3 is 5.73 Å². The van der Waals surface area contributed by atoms with Gasteiger partial charge in [0.15, 0.2) is 0 Å². The van der Waals surface area contributed by atoms with Gasteiger partial charge in [0.25, 0.3) is 0 Å². The minimum absolute atomic E-state index is 0.753. The van der Waals surface area contributed by atoms with E-state index in [1.807, 2.05) is 0 Å². The second-order valence-corrected chi connectivity index (χ2v) is 5.33. The Morgan fingerprint density at radius 2 is 1.85 bits per heavy atom. The van der Waals surface area contributed by atoms with E-state index in [1.165, 1.54) is 27.8 Å².